The van der Waals surface area contributed by atoms with Crippen LogP contribution >= 0.6 is 0 Å². The highest BCUT2D eigenvalue weighted by atomic mass is 19.1. The second-order valence-electron chi connectivity index (χ2n) is 3.68. The highest BCUT2D eigenvalue weighted by molar-refractivity contribution is 5.92. The number of anilines is 1. The first kappa shape index (κ1) is 14.1. The second kappa shape index (κ2) is 6.70. The second-order valence-corrected chi connectivity index (χ2v) is 3.68. The summed E-state index contributed by atoms with van der Waals surface area (Å²) in [6, 6.07) is 4.85. The van der Waals surface area contributed by atoms with Gasteiger partial charge in [-0.1, -0.05) is 0 Å². The van der Waals surface area contributed by atoms with Gasteiger partial charge >= 0.3 is 5.97 Å². The van der Waals surface area contributed by atoms with E-state index in [4.69, 9.17) is 0 Å². The molecule has 0 unspecified atom stereocenters. The number of benzene rings is 1. The number of halogens is 1. The zero-order valence-corrected chi connectivity index (χ0v) is 10.2. The van der Waals surface area contributed by atoms with Gasteiger partial charge in [-0.05, 0) is 31.2 Å². The first-order valence-electron chi connectivity index (χ1n) is 5.39. The maximum atomic E-state index is 12.6. The number of hydrogen-bond donors (Lipinski definition) is 2. The Morgan fingerprint density at radius 3 is 2.50 bits per heavy atom. The third kappa shape index (κ3) is 4.50. The van der Waals surface area contributed by atoms with Gasteiger partial charge in [0.15, 0.2) is 0 Å². The van der Waals surface area contributed by atoms with Crippen molar-refractivity contribution in [2.45, 2.75) is 13.0 Å². The smallest absolute Gasteiger partial charge is 0.322 e. The van der Waals surface area contributed by atoms with Gasteiger partial charge in [-0.2, -0.15) is 0 Å². The Labute approximate surface area is 104 Å². The lowest BCUT2D eigenvalue weighted by Crippen LogP contribution is -2.39. The molecule has 0 spiro atoms. The molecule has 0 aliphatic rings. The highest BCUT2D eigenvalue weighted by Crippen LogP contribution is 2.07. The molecular weight excluding hydrogens is 239 g/mol. The van der Waals surface area contributed by atoms with Crippen molar-refractivity contribution >= 4 is 17.6 Å². The van der Waals surface area contributed by atoms with Gasteiger partial charge in [0.2, 0.25) is 5.91 Å². The summed E-state index contributed by atoms with van der Waals surface area (Å²) in [6.45, 7) is 1.56. The summed E-state index contributed by atoms with van der Waals surface area (Å²) in [6.07, 6.45) is 0. The molecule has 0 saturated carbocycles. The summed E-state index contributed by atoms with van der Waals surface area (Å²) in [4.78, 5) is 22.6. The maximum Gasteiger partial charge on any atom is 0.322 e. The number of hydrogen-bond acceptors (Lipinski definition) is 4. The maximum absolute atomic E-state index is 12.6. The van der Waals surface area contributed by atoms with Gasteiger partial charge in [-0.25, -0.2) is 4.39 Å². The van der Waals surface area contributed by atoms with Crippen molar-refractivity contribution in [3.63, 3.8) is 0 Å². The van der Waals surface area contributed by atoms with Crippen molar-refractivity contribution in [1.29, 1.82) is 0 Å². The number of esters is 1. The first-order valence-corrected chi connectivity index (χ1v) is 5.39. The van der Waals surface area contributed by atoms with Crippen LogP contribution in [0, 0.1) is 5.82 Å². The zero-order chi connectivity index (χ0) is 13.5. The van der Waals surface area contributed by atoms with Crippen molar-refractivity contribution in [3.05, 3.63) is 30.1 Å². The molecule has 0 fully saturated rings. The molecule has 6 heteroatoms. The van der Waals surface area contributed by atoms with E-state index >= 15 is 0 Å². The third-order valence-corrected chi connectivity index (χ3v) is 2.25. The number of ether oxygens (including phenoxy) is 1. The number of carbonyl (C=O) groups excluding carboxylic acids is 2. The van der Waals surface area contributed by atoms with Crippen LogP contribution in [0.3, 0.4) is 0 Å². The fourth-order valence-corrected chi connectivity index (χ4v) is 1.24. The molecule has 5 nitrogen and oxygen atoms in total. The Bertz CT molecular complexity index is 420. The molecule has 0 heterocycles. The average molecular weight is 254 g/mol. The van der Waals surface area contributed by atoms with E-state index in [9.17, 15) is 14.0 Å². The largest absolute Gasteiger partial charge is 0.468 e. The van der Waals surface area contributed by atoms with Gasteiger partial charge < -0.3 is 10.1 Å². The lowest BCUT2D eigenvalue weighted by atomic mass is 10.3. The monoisotopic (exact) mass is 254 g/mol. The third-order valence-electron chi connectivity index (χ3n) is 2.25. The molecule has 0 aliphatic carbocycles. The minimum absolute atomic E-state index is 0.0341. The average Bonchev–Trinajstić information content (AvgIpc) is 2.37. The molecule has 2 N–H and O–H groups in total. The highest BCUT2D eigenvalue weighted by Gasteiger charge is 2.13. The minimum atomic E-state index is -0.561. The fraction of sp³-hybridized carbons (Fsp3) is 0.333. The number of carbonyl (C=O) groups is 2. The van der Waals surface area contributed by atoms with E-state index in [0.717, 1.165) is 0 Å². The molecule has 1 aromatic rings. The van der Waals surface area contributed by atoms with Gasteiger partial charge in [0.1, 0.15) is 11.9 Å². The van der Waals surface area contributed by atoms with Gasteiger partial charge in [-0.3, -0.25) is 14.9 Å². The van der Waals surface area contributed by atoms with Crippen molar-refractivity contribution in [1.82, 2.24) is 5.32 Å². The molecule has 18 heavy (non-hydrogen) atoms. The zero-order valence-electron chi connectivity index (χ0n) is 10.2. The van der Waals surface area contributed by atoms with E-state index in [1.54, 1.807) is 6.92 Å². The van der Waals surface area contributed by atoms with Crippen molar-refractivity contribution in [2.24, 2.45) is 0 Å². The summed E-state index contributed by atoms with van der Waals surface area (Å²) in [5.41, 5.74) is 0.494. The first-order chi connectivity index (χ1) is 8.52. The number of methoxy groups -OCH3 is 1. The molecule has 0 saturated heterocycles. The normalized spacial score (nSPS) is 11.7. The Morgan fingerprint density at radius 1 is 1.33 bits per heavy atom. The predicted octanol–water partition coefficient (Wildman–Crippen LogP) is 0.915. The molecule has 1 aromatic carbocycles. The van der Waals surface area contributed by atoms with Crippen molar-refractivity contribution in [3.8, 4) is 0 Å². The number of rotatable bonds is 5. The Kier molecular flexibility index (Phi) is 5.26. The molecule has 1 atom stereocenters. The minimum Gasteiger partial charge on any atom is -0.468 e. The van der Waals surface area contributed by atoms with Crippen LogP contribution in [0.4, 0.5) is 10.1 Å². The topological polar surface area (TPSA) is 67.4 Å². The summed E-state index contributed by atoms with van der Waals surface area (Å²) in [5, 5.41) is 5.27. The van der Waals surface area contributed by atoms with Crippen LogP contribution in [-0.4, -0.2) is 31.6 Å². The van der Waals surface area contributed by atoms with Crippen LogP contribution < -0.4 is 10.6 Å². The van der Waals surface area contributed by atoms with E-state index < -0.39 is 12.0 Å². The molecule has 98 valence electrons. The van der Waals surface area contributed by atoms with Gasteiger partial charge in [0.25, 0.3) is 0 Å². The molecular formula is C12H15FN2O3. The van der Waals surface area contributed by atoms with Crippen molar-refractivity contribution in [2.75, 3.05) is 19.0 Å². The summed E-state index contributed by atoms with van der Waals surface area (Å²) >= 11 is 0. The van der Waals surface area contributed by atoms with Crippen molar-refractivity contribution < 1.29 is 18.7 Å². The Hall–Kier alpha value is -1.95. The number of nitrogens with one attached hydrogen (secondary N) is 2. The fourth-order valence-electron chi connectivity index (χ4n) is 1.24. The van der Waals surface area contributed by atoms with E-state index in [0.29, 0.717) is 5.69 Å². The quantitative estimate of drug-likeness (QED) is 0.767. The summed E-state index contributed by atoms with van der Waals surface area (Å²) < 4.78 is 17.1. The van der Waals surface area contributed by atoms with Gasteiger partial charge in [0.05, 0.1) is 13.7 Å². The van der Waals surface area contributed by atoms with E-state index in [1.165, 1.54) is 31.4 Å². The lowest BCUT2D eigenvalue weighted by Gasteiger charge is -2.11. The summed E-state index contributed by atoms with van der Waals surface area (Å²) in [5.74, 6) is -1.13. The van der Waals surface area contributed by atoms with Crippen LogP contribution in [0.1, 0.15) is 6.92 Å². The SMILES string of the molecule is COC(=O)[C@H](C)NCC(=O)Nc1ccc(F)cc1. The van der Waals surface area contributed by atoms with Gasteiger partial charge in [0, 0.05) is 5.69 Å². The molecule has 0 bridgehead atoms. The standard InChI is InChI=1S/C12H15FN2O3/c1-8(12(17)18-2)14-7-11(16)15-10-5-3-9(13)4-6-10/h3-6,8,14H,7H2,1-2H3,(H,15,16)/t8-/m0/s1. The lowest BCUT2D eigenvalue weighted by molar-refractivity contribution is -0.142. The van der Waals surface area contributed by atoms with E-state index in [1.807, 2.05) is 0 Å². The number of amides is 1. The van der Waals surface area contributed by atoms with Gasteiger partial charge in [-0.15, -0.1) is 0 Å². The molecule has 1 amide bonds. The van der Waals surface area contributed by atoms with E-state index in [2.05, 4.69) is 15.4 Å². The molecule has 0 aromatic heterocycles. The van der Waals surface area contributed by atoms with E-state index in [-0.39, 0.29) is 18.3 Å². The molecule has 0 aliphatic heterocycles. The van der Waals surface area contributed by atoms with Crippen LogP contribution in [0.2, 0.25) is 0 Å². The van der Waals surface area contributed by atoms with Crippen LogP contribution in [-0.2, 0) is 14.3 Å². The Morgan fingerprint density at radius 2 is 1.94 bits per heavy atom. The Balaban J connectivity index is 2.38. The van der Waals surface area contributed by atoms with Crippen LogP contribution in [0.5, 0.6) is 0 Å². The van der Waals surface area contributed by atoms with Crippen LogP contribution in [0.15, 0.2) is 24.3 Å². The molecule has 0 radical (unpaired) electrons. The van der Waals surface area contributed by atoms with Crippen LogP contribution in [0.25, 0.3) is 0 Å². The summed E-state index contributed by atoms with van der Waals surface area (Å²) in [7, 11) is 1.28. The molecule has 1 rings (SSSR count). The predicted molar refractivity (Wildman–Crippen MR) is 64.5 cm³/mol.